The number of ether oxygens (including phenoxy) is 2. The number of amides is 1. The number of fused-ring (bicyclic) bond motifs is 1. The molecule has 7 heteroatoms. The maximum Gasteiger partial charge on any atom is 0.420 e. The van der Waals surface area contributed by atoms with Gasteiger partial charge < -0.3 is 18.8 Å². The average molecular weight is 396 g/mol. The molecule has 29 heavy (non-hydrogen) atoms. The number of carbonyl (C=O) groups excluding carboxylic acids is 1. The largest absolute Gasteiger partial charge is 0.497 e. The molecule has 0 aliphatic carbocycles. The van der Waals surface area contributed by atoms with Crippen LogP contribution in [0.2, 0.25) is 0 Å². The minimum atomic E-state index is -0.371. The van der Waals surface area contributed by atoms with Crippen molar-refractivity contribution in [3.8, 4) is 5.75 Å². The number of nitrogens with zero attached hydrogens (tertiary/aromatic N) is 2. The summed E-state index contributed by atoms with van der Waals surface area (Å²) in [7, 11) is 1.59. The van der Waals surface area contributed by atoms with Gasteiger partial charge in [-0.25, -0.2) is 4.79 Å². The zero-order valence-corrected chi connectivity index (χ0v) is 16.4. The Hall–Kier alpha value is -3.06. The Kier molecular flexibility index (Phi) is 5.67. The van der Waals surface area contributed by atoms with Gasteiger partial charge in [0.2, 0.25) is 5.91 Å². The van der Waals surface area contributed by atoms with Crippen LogP contribution < -0.4 is 10.5 Å². The first-order valence-corrected chi connectivity index (χ1v) is 9.74. The van der Waals surface area contributed by atoms with E-state index >= 15 is 0 Å². The van der Waals surface area contributed by atoms with Crippen LogP contribution in [0.15, 0.2) is 57.7 Å². The van der Waals surface area contributed by atoms with Crippen LogP contribution in [0, 0.1) is 0 Å². The molecule has 1 fully saturated rings. The van der Waals surface area contributed by atoms with Gasteiger partial charge in [0.05, 0.1) is 19.2 Å². The molecule has 152 valence electrons. The number of oxazole rings is 1. The molecule has 2 heterocycles. The van der Waals surface area contributed by atoms with E-state index in [1.165, 1.54) is 0 Å². The first-order chi connectivity index (χ1) is 14.2. The molecule has 0 radical (unpaired) electrons. The second-order valence-corrected chi connectivity index (χ2v) is 7.16. The van der Waals surface area contributed by atoms with Gasteiger partial charge >= 0.3 is 5.76 Å². The molecule has 0 atom stereocenters. The SMILES string of the molecule is COc1ccc2oc(=O)n(C3CCN(C(=O)COCc4ccccc4)CC3)c2c1. The van der Waals surface area contributed by atoms with Crippen LogP contribution in [0.3, 0.4) is 0 Å². The van der Waals surface area contributed by atoms with Gasteiger partial charge in [0.1, 0.15) is 12.4 Å². The molecule has 1 aliphatic rings. The minimum Gasteiger partial charge on any atom is -0.497 e. The first-order valence-electron chi connectivity index (χ1n) is 9.74. The highest BCUT2D eigenvalue weighted by Crippen LogP contribution is 2.28. The number of hydrogen-bond acceptors (Lipinski definition) is 5. The zero-order chi connectivity index (χ0) is 20.2. The predicted octanol–water partition coefficient (Wildman–Crippen LogP) is 2.98. The van der Waals surface area contributed by atoms with Crippen molar-refractivity contribution in [2.24, 2.45) is 0 Å². The third kappa shape index (κ3) is 4.19. The van der Waals surface area contributed by atoms with E-state index in [9.17, 15) is 9.59 Å². The second kappa shape index (κ2) is 8.53. The van der Waals surface area contributed by atoms with Gasteiger partial charge in [-0.3, -0.25) is 9.36 Å². The quantitative estimate of drug-likeness (QED) is 0.640. The van der Waals surface area contributed by atoms with Crippen molar-refractivity contribution in [3.63, 3.8) is 0 Å². The lowest BCUT2D eigenvalue weighted by atomic mass is 10.0. The summed E-state index contributed by atoms with van der Waals surface area (Å²) >= 11 is 0. The van der Waals surface area contributed by atoms with E-state index in [0.717, 1.165) is 11.1 Å². The van der Waals surface area contributed by atoms with Gasteiger partial charge in [0.25, 0.3) is 0 Å². The Morgan fingerprint density at radius 1 is 1.14 bits per heavy atom. The minimum absolute atomic E-state index is 0.00913. The molecular formula is C22H24N2O5. The van der Waals surface area contributed by atoms with Crippen LogP contribution >= 0.6 is 0 Å². The smallest absolute Gasteiger partial charge is 0.420 e. The summed E-state index contributed by atoms with van der Waals surface area (Å²) in [5.74, 6) is 0.282. The molecule has 1 saturated heterocycles. The second-order valence-electron chi connectivity index (χ2n) is 7.16. The van der Waals surface area contributed by atoms with Crippen LogP contribution in [-0.2, 0) is 16.1 Å². The Morgan fingerprint density at radius 3 is 2.62 bits per heavy atom. The lowest BCUT2D eigenvalue weighted by Crippen LogP contribution is -2.41. The number of piperidine rings is 1. The number of carbonyl (C=O) groups is 1. The van der Waals surface area contributed by atoms with E-state index in [2.05, 4.69) is 0 Å². The number of likely N-dealkylation sites (tertiary alicyclic amines) is 1. The highest BCUT2D eigenvalue weighted by molar-refractivity contribution is 5.77. The molecule has 1 amide bonds. The lowest BCUT2D eigenvalue weighted by molar-refractivity contribution is -0.137. The molecule has 4 rings (SSSR count). The summed E-state index contributed by atoms with van der Waals surface area (Å²) < 4.78 is 17.9. The molecule has 0 unspecified atom stereocenters. The van der Waals surface area contributed by atoms with E-state index < -0.39 is 0 Å². The number of hydrogen-bond donors (Lipinski definition) is 0. The van der Waals surface area contributed by atoms with Crippen molar-refractivity contribution in [1.82, 2.24) is 9.47 Å². The standard InChI is InChI=1S/C22H24N2O5/c1-27-18-7-8-20-19(13-18)24(22(26)29-20)17-9-11-23(12-10-17)21(25)15-28-14-16-5-3-2-4-6-16/h2-8,13,17H,9-12,14-15H2,1H3. The van der Waals surface area contributed by atoms with Gasteiger partial charge in [-0.15, -0.1) is 0 Å². The third-order valence-corrected chi connectivity index (χ3v) is 5.34. The highest BCUT2D eigenvalue weighted by Gasteiger charge is 2.27. The summed E-state index contributed by atoms with van der Waals surface area (Å²) in [6.07, 6.45) is 1.38. The number of benzene rings is 2. The molecular weight excluding hydrogens is 372 g/mol. The molecule has 2 aromatic carbocycles. The number of aromatic nitrogens is 1. The van der Waals surface area contributed by atoms with Crippen LogP contribution in [0.5, 0.6) is 5.75 Å². The fourth-order valence-electron chi connectivity index (χ4n) is 3.78. The fourth-order valence-corrected chi connectivity index (χ4v) is 3.78. The highest BCUT2D eigenvalue weighted by atomic mass is 16.5. The first kappa shape index (κ1) is 19.3. The van der Waals surface area contributed by atoms with E-state index in [1.807, 2.05) is 36.4 Å². The molecule has 0 saturated carbocycles. The molecule has 1 aromatic heterocycles. The lowest BCUT2D eigenvalue weighted by Gasteiger charge is -2.32. The average Bonchev–Trinajstić information content (AvgIpc) is 3.09. The van der Waals surface area contributed by atoms with E-state index in [4.69, 9.17) is 13.9 Å². The van der Waals surface area contributed by atoms with Gasteiger partial charge in [-0.05, 0) is 30.5 Å². The Labute approximate surface area is 168 Å². The van der Waals surface area contributed by atoms with Gasteiger partial charge in [0.15, 0.2) is 5.58 Å². The third-order valence-electron chi connectivity index (χ3n) is 5.34. The van der Waals surface area contributed by atoms with Gasteiger partial charge in [-0.2, -0.15) is 0 Å². The summed E-state index contributed by atoms with van der Waals surface area (Å²) in [4.78, 5) is 26.6. The fraction of sp³-hybridized carbons (Fsp3) is 0.364. The maximum absolute atomic E-state index is 12.4. The molecule has 0 N–H and O–H groups in total. The Balaban J connectivity index is 1.36. The van der Waals surface area contributed by atoms with Crippen LogP contribution in [-0.4, -0.2) is 42.2 Å². The van der Waals surface area contributed by atoms with Crippen molar-refractivity contribution >= 4 is 17.0 Å². The van der Waals surface area contributed by atoms with Crippen molar-refractivity contribution in [3.05, 3.63) is 64.6 Å². The van der Waals surface area contributed by atoms with Crippen molar-refractivity contribution in [2.45, 2.75) is 25.5 Å². The molecule has 0 bridgehead atoms. The van der Waals surface area contributed by atoms with E-state index in [-0.39, 0.29) is 24.3 Å². The van der Waals surface area contributed by atoms with E-state index in [1.54, 1.807) is 28.7 Å². The molecule has 7 nitrogen and oxygen atoms in total. The normalized spacial score (nSPS) is 15.0. The van der Waals surface area contributed by atoms with Crippen LogP contribution in [0.1, 0.15) is 24.4 Å². The molecule has 1 aliphatic heterocycles. The summed E-state index contributed by atoms with van der Waals surface area (Å²) in [5, 5.41) is 0. The predicted molar refractivity (Wildman–Crippen MR) is 108 cm³/mol. The monoisotopic (exact) mass is 396 g/mol. The van der Waals surface area contributed by atoms with Crippen molar-refractivity contribution in [1.29, 1.82) is 0 Å². The van der Waals surface area contributed by atoms with Crippen molar-refractivity contribution < 1.29 is 18.7 Å². The van der Waals surface area contributed by atoms with E-state index in [0.29, 0.717) is 43.9 Å². The topological polar surface area (TPSA) is 73.9 Å². The summed E-state index contributed by atoms with van der Waals surface area (Å²) in [6.45, 7) is 1.65. The molecule has 0 spiro atoms. The zero-order valence-electron chi connectivity index (χ0n) is 16.4. The summed E-state index contributed by atoms with van der Waals surface area (Å²) in [5.41, 5.74) is 2.31. The Morgan fingerprint density at radius 2 is 1.90 bits per heavy atom. The van der Waals surface area contributed by atoms with Crippen molar-refractivity contribution in [2.75, 3.05) is 26.8 Å². The number of methoxy groups -OCH3 is 1. The van der Waals surface area contributed by atoms with Crippen LogP contribution in [0.4, 0.5) is 0 Å². The van der Waals surface area contributed by atoms with Crippen LogP contribution in [0.25, 0.3) is 11.1 Å². The number of rotatable bonds is 6. The van der Waals surface area contributed by atoms with Gasteiger partial charge in [0, 0.05) is 25.2 Å². The molecule has 3 aromatic rings. The maximum atomic E-state index is 12.4. The Bertz CT molecular complexity index is 1030. The summed E-state index contributed by atoms with van der Waals surface area (Å²) in [6, 6.07) is 15.1. The van der Waals surface area contributed by atoms with Gasteiger partial charge in [-0.1, -0.05) is 30.3 Å².